The fourth-order valence-corrected chi connectivity index (χ4v) is 2.06. The topological polar surface area (TPSA) is 45.0 Å². The summed E-state index contributed by atoms with van der Waals surface area (Å²) in [4.78, 5) is 4.73. The largest absolute Gasteiger partial charge is 0.411 e. The highest BCUT2D eigenvalue weighted by Crippen LogP contribution is 2.31. The monoisotopic (exact) mass is 230 g/mol. The van der Waals surface area contributed by atoms with Crippen LogP contribution < -0.4 is 0 Å². The standard InChI is InChI=1S/C14H18N2O/c1-14(2,3)13-7-5-11-8-10(9-15-17)4-6-12(11)16-13/h4,6,8-9,17H,5,7H2,1-3H3. The van der Waals surface area contributed by atoms with Crippen molar-refractivity contribution in [2.75, 3.05) is 0 Å². The molecule has 0 saturated carbocycles. The summed E-state index contributed by atoms with van der Waals surface area (Å²) < 4.78 is 0. The summed E-state index contributed by atoms with van der Waals surface area (Å²) >= 11 is 0. The molecule has 1 aromatic rings. The van der Waals surface area contributed by atoms with Crippen LogP contribution in [0.25, 0.3) is 0 Å². The molecule has 0 fully saturated rings. The lowest BCUT2D eigenvalue weighted by Crippen LogP contribution is -2.22. The Labute approximate surface area is 102 Å². The van der Waals surface area contributed by atoms with Crippen molar-refractivity contribution in [2.24, 2.45) is 15.6 Å². The zero-order valence-corrected chi connectivity index (χ0v) is 10.6. The fraction of sp³-hybridized carbons (Fsp3) is 0.429. The van der Waals surface area contributed by atoms with Gasteiger partial charge in [-0.05, 0) is 36.1 Å². The molecule has 3 nitrogen and oxygen atoms in total. The molecule has 1 aliphatic rings. The molecule has 3 heteroatoms. The second-order valence-corrected chi connectivity index (χ2v) is 5.44. The molecule has 1 aromatic carbocycles. The van der Waals surface area contributed by atoms with E-state index in [4.69, 9.17) is 10.2 Å². The van der Waals surface area contributed by atoms with E-state index in [0.29, 0.717) is 0 Å². The molecule has 1 aliphatic heterocycles. The fourth-order valence-electron chi connectivity index (χ4n) is 2.06. The SMILES string of the molecule is CC(C)(C)C1=Nc2ccc(C=NO)cc2CC1. The van der Waals surface area contributed by atoms with Gasteiger partial charge in [0.25, 0.3) is 0 Å². The maximum Gasteiger partial charge on any atom is 0.0733 e. The minimum Gasteiger partial charge on any atom is -0.411 e. The summed E-state index contributed by atoms with van der Waals surface area (Å²) in [6, 6.07) is 5.96. The van der Waals surface area contributed by atoms with Crippen molar-refractivity contribution in [1.82, 2.24) is 0 Å². The third-order valence-corrected chi connectivity index (χ3v) is 3.06. The molecule has 0 amide bonds. The highest BCUT2D eigenvalue weighted by atomic mass is 16.4. The molecule has 0 aliphatic carbocycles. The number of aliphatic imine (C=N–C) groups is 1. The van der Waals surface area contributed by atoms with E-state index < -0.39 is 0 Å². The van der Waals surface area contributed by atoms with Gasteiger partial charge in [0.15, 0.2) is 0 Å². The van der Waals surface area contributed by atoms with E-state index in [1.807, 2.05) is 18.2 Å². The van der Waals surface area contributed by atoms with Gasteiger partial charge in [0, 0.05) is 11.1 Å². The lowest BCUT2D eigenvalue weighted by atomic mass is 9.84. The lowest BCUT2D eigenvalue weighted by Gasteiger charge is -2.25. The second-order valence-electron chi connectivity index (χ2n) is 5.44. The molecular formula is C14H18N2O. The normalized spacial score (nSPS) is 15.8. The van der Waals surface area contributed by atoms with Crippen LogP contribution in [-0.2, 0) is 6.42 Å². The van der Waals surface area contributed by atoms with Crippen LogP contribution in [0.2, 0.25) is 0 Å². The summed E-state index contributed by atoms with van der Waals surface area (Å²) in [5.74, 6) is 0. The summed E-state index contributed by atoms with van der Waals surface area (Å²) in [6.45, 7) is 6.59. The minimum atomic E-state index is 0.142. The van der Waals surface area contributed by atoms with Gasteiger partial charge < -0.3 is 5.21 Å². The van der Waals surface area contributed by atoms with Gasteiger partial charge in [-0.3, -0.25) is 4.99 Å². The highest BCUT2D eigenvalue weighted by Gasteiger charge is 2.22. The van der Waals surface area contributed by atoms with Gasteiger partial charge in [-0.15, -0.1) is 0 Å². The Morgan fingerprint density at radius 3 is 2.71 bits per heavy atom. The molecule has 0 spiro atoms. The molecule has 2 rings (SSSR count). The molecular weight excluding hydrogens is 212 g/mol. The number of fused-ring (bicyclic) bond motifs is 1. The molecule has 0 radical (unpaired) electrons. The van der Waals surface area contributed by atoms with E-state index >= 15 is 0 Å². The quantitative estimate of drug-likeness (QED) is 0.447. The Morgan fingerprint density at radius 2 is 2.06 bits per heavy atom. The Bertz CT molecular complexity index is 481. The van der Waals surface area contributed by atoms with Gasteiger partial charge >= 0.3 is 0 Å². The lowest BCUT2D eigenvalue weighted by molar-refractivity contribution is 0.322. The minimum absolute atomic E-state index is 0.142. The van der Waals surface area contributed by atoms with E-state index in [-0.39, 0.29) is 5.41 Å². The summed E-state index contributed by atoms with van der Waals surface area (Å²) in [5.41, 5.74) is 4.60. The first-order chi connectivity index (χ1) is 8.00. The number of oxime groups is 1. The average molecular weight is 230 g/mol. The van der Waals surface area contributed by atoms with Gasteiger partial charge in [-0.25, -0.2) is 0 Å². The maximum absolute atomic E-state index is 8.51. The zero-order chi connectivity index (χ0) is 12.5. The predicted octanol–water partition coefficient (Wildman–Crippen LogP) is 3.56. The molecule has 90 valence electrons. The van der Waals surface area contributed by atoms with E-state index in [2.05, 4.69) is 25.9 Å². The van der Waals surface area contributed by atoms with E-state index in [1.165, 1.54) is 17.5 Å². The summed E-state index contributed by atoms with van der Waals surface area (Å²) in [6.07, 6.45) is 3.47. The van der Waals surface area contributed by atoms with Gasteiger partial charge in [0.1, 0.15) is 0 Å². The van der Waals surface area contributed by atoms with Crippen LogP contribution in [0, 0.1) is 5.41 Å². The highest BCUT2D eigenvalue weighted by molar-refractivity contribution is 5.93. The van der Waals surface area contributed by atoms with Crippen molar-refractivity contribution < 1.29 is 5.21 Å². The van der Waals surface area contributed by atoms with Crippen LogP contribution in [0.3, 0.4) is 0 Å². The molecule has 1 heterocycles. The van der Waals surface area contributed by atoms with Crippen molar-refractivity contribution in [2.45, 2.75) is 33.6 Å². The van der Waals surface area contributed by atoms with Crippen molar-refractivity contribution in [1.29, 1.82) is 0 Å². The molecule has 0 saturated heterocycles. The van der Waals surface area contributed by atoms with E-state index in [9.17, 15) is 0 Å². The first-order valence-corrected chi connectivity index (χ1v) is 5.89. The van der Waals surface area contributed by atoms with Crippen LogP contribution in [0.1, 0.15) is 38.3 Å². The number of rotatable bonds is 1. The molecule has 0 unspecified atom stereocenters. The summed E-state index contributed by atoms with van der Waals surface area (Å²) in [7, 11) is 0. The van der Waals surface area contributed by atoms with Crippen LogP contribution in [0.15, 0.2) is 28.3 Å². The zero-order valence-electron chi connectivity index (χ0n) is 10.6. The van der Waals surface area contributed by atoms with Crippen LogP contribution in [0.4, 0.5) is 5.69 Å². The van der Waals surface area contributed by atoms with Crippen molar-refractivity contribution >= 4 is 17.6 Å². The maximum atomic E-state index is 8.51. The predicted molar refractivity (Wildman–Crippen MR) is 70.7 cm³/mol. The van der Waals surface area contributed by atoms with Crippen LogP contribution >= 0.6 is 0 Å². The number of hydrogen-bond donors (Lipinski definition) is 1. The van der Waals surface area contributed by atoms with Crippen LogP contribution in [-0.4, -0.2) is 17.1 Å². The molecule has 17 heavy (non-hydrogen) atoms. The Balaban J connectivity index is 2.38. The average Bonchev–Trinajstić information content (AvgIpc) is 2.27. The third-order valence-electron chi connectivity index (χ3n) is 3.06. The van der Waals surface area contributed by atoms with Crippen molar-refractivity contribution in [3.63, 3.8) is 0 Å². The van der Waals surface area contributed by atoms with Crippen molar-refractivity contribution in [3.8, 4) is 0 Å². The molecule has 0 aromatic heterocycles. The van der Waals surface area contributed by atoms with Gasteiger partial charge in [-0.1, -0.05) is 32.0 Å². The Hall–Kier alpha value is -1.64. The number of benzene rings is 1. The molecule has 1 N–H and O–H groups in total. The molecule has 0 bridgehead atoms. The smallest absolute Gasteiger partial charge is 0.0733 e. The van der Waals surface area contributed by atoms with E-state index in [0.717, 1.165) is 24.1 Å². The number of aryl methyl sites for hydroxylation is 1. The van der Waals surface area contributed by atoms with Crippen LogP contribution in [0.5, 0.6) is 0 Å². The van der Waals surface area contributed by atoms with E-state index in [1.54, 1.807) is 0 Å². The summed E-state index contributed by atoms with van der Waals surface area (Å²) in [5, 5.41) is 11.6. The first-order valence-electron chi connectivity index (χ1n) is 5.89. The second kappa shape index (κ2) is 4.32. The van der Waals surface area contributed by atoms with Gasteiger partial charge in [0.05, 0.1) is 11.9 Å². The third kappa shape index (κ3) is 2.54. The van der Waals surface area contributed by atoms with Crippen molar-refractivity contribution in [3.05, 3.63) is 29.3 Å². The number of nitrogens with zero attached hydrogens (tertiary/aromatic N) is 2. The first kappa shape index (κ1) is 11.8. The molecule has 0 atom stereocenters. The Morgan fingerprint density at radius 1 is 1.29 bits per heavy atom. The van der Waals surface area contributed by atoms with Gasteiger partial charge in [-0.2, -0.15) is 0 Å². The van der Waals surface area contributed by atoms with Gasteiger partial charge in [0.2, 0.25) is 0 Å². The Kier molecular flexibility index (Phi) is 3.01. The number of hydrogen-bond acceptors (Lipinski definition) is 3.